The van der Waals surface area contributed by atoms with Crippen molar-refractivity contribution in [3.8, 4) is 17.2 Å². The summed E-state index contributed by atoms with van der Waals surface area (Å²) in [7, 11) is 4.82. The molecule has 0 radical (unpaired) electrons. The second-order valence-electron chi connectivity index (χ2n) is 4.94. The molecular weight excluding hydrogens is 258 g/mol. The first kappa shape index (κ1) is 16.6. The third kappa shape index (κ3) is 3.77. The second kappa shape index (κ2) is 7.36. The average molecular weight is 283 g/mol. The van der Waals surface area contributed by atoms with Crippen LogP contribution in [-0.2, 0) is 6.54 Å². The number of rotatable bonds is 8. The van der Waals surface area contributed by atoms with E-state index in [9.17, 15) is 5.11 Å². The fraction of sp³-hybridized carbons (Fsp3) is 0.600. The fourth-order valence-corrected chi connectivity index (χ4v) is 1.83. The van der Waals surface area contributed by atoms with E-state index in [1.807, 2.05) is 19.9 Å². The van der Waals surface area contributed by atoms with Crippen LogP contribution in [-0.4, -0.2) is 38.6 Å². The SMILES string of the molecule is CCC(C)(CO)NCc1cc(OC)c(OC)cc1OC. The molecule has 0 aliphatic rings. The molecule has 1 aromatic carbocycles. The van der Waals surface area contributed by atoms with E-state index < -0.39 is 0 Å². The number of hydrogen-bond donors (Lipinski definition) is 2. The molecule has 0 saturated heterocycles. The number of hydrogen-bond acceptors (Lipinski definition) is 5. The first-order chi connectivity index (χ1) is 9.53. The predicted octanol–water partition coefficient (Wildman–Crippen LogP) is 1.96. The number of nitrogens with one attached hydrogen (secondary N) is 1. The molecule has 1 aromatic rings. The van der Waals surface area contributed by atoms with Gasteiger partial charge in [0.1, 0.15) is 5.75 Å². The molecule has 0 fully saturated rings. The lowest BCUT2D eigenvalue weighted by atomic mass is 9.99. The van der Waals surface area contributed by atoms with Crippen molar-refractivity contribution in [1.29, 1.82) is 0 Å². The van der Waals surface area contributed by atoms with Gasteiger partial charge in [0.2, 0.25) is 0 Å². The highest BCUT2D eigenvalue weighted by Gasteiger charge is 2.21. The van der Waals surface area contributed by atoms with E-state index in [4.69, 9.17) is 14.2 Å². The molecule has 0 saturated carbocycles. The lowest BCUT2D eigenvalue weighted by Crippen LogP contribution is -2.44. The Kier molecular flexibility index (Phi) is 6.10. The van der Waals surface area contributed by atoms with Crippen LogP contribution >= 0.6 is 0 Å². The molecule has 0 aliphatic carbocycles. The Balaban J connectivity index is 2.99. The van der Waals surface area contributed by atoms with Gasteiger partial charge in [0.25, 0.3) is 0 Å². The number of methoxy groups -OCH3 is 3. The molecule has 20 heavy (non-hydrogen) atoms. The largest absolute Gasteiger partial charge is 0.496 e. The minimum absolute atomic E-state index is 0.0824. The summed E-state index contributed by atoms with van der Waals surface area (Å²) in [6, 6.07) is 3.69. The highest BCUT2D eigenvalue weighted by atomic mass is 16.5. The molecule has 0 heterocycles. The van der Waals surface area contributed by atoms with Crippen molar-refractivity contribution >= 4 is 0 Å². The Labute approximate surface area is 120 Å². The summed E-state index contributed by atoms with van der Waals surface area (Å²) in [5, 5.41) is 12.8. The maximum Gasteiger partial charge on any atom is 0.164 e. The third-order valence-electron chi connectivity index (χ3n) is 3.62. The highest BCUT2D eigenvalue weighted by Crippen LogP contribution is 2.34. The average Bonchev–Trinajstić information content (AvgIpc) is 2.51. The molecular formula is C15H25NO4. The first-order valence-electron chi connectivity index (χ1n) is 6.68. The van der Waals surface area contributed by atoms with Crippen LogP contribution in [0.1, 0.15) is 25.8 Å². The van der Waals surface area contributed by atoms with E-state index in [1.54, 1.807) is 27.4 Å². The van der Waals surface area contributed by atoms with Crippen molar-refractivity contribution in [3.63, 3.8) is 0 Å². The van der Waals surface area contributed by atoms with Crippen LogP contribution in [0.3, 0.4) is 0 Å². The Morgan fingerprint density at radius 2 is 1.60 bits per heavy atom. The van der Waals surface area contributed by atoms with Crippen LogP contribution in [0.4, 0.5) is 0 Å². The molecule has 0 aromatic heterocycles. The zero-order valence-electron chi connectivity index (χ0n) is 12.9. The van der Waals surface area contributed by atoms with Crippen LogP contribution in [0, 0.1) is 0 Å². The number of ether oxygens (including phenoxy) is 3. The van der Waals surface area contributed by atoms with E-state index in [0.29, 0.717) is 18.0 Å². The van der Waals surface area contributed by atoms with Crippen LogP contribution < -0.4 is 19.5 Å². The summed E-state index contributed by atoms with van der Waals surface area (Å²) in [4.78, 5) is 0. The van der Waals surface area contributed by atoms with Crippen molar-refractivity contribution in [2.75, 3.05) is 27.9 Å². The van der Waals surface area contributed by atoms with Gasteiger partial charge in [0.15, 0.2) is 11.5 Å². The monoisotopic (exact) mass is 283 g/mol. The smallest absolute Gasteiger partial charge is 0.164 e. The summed E-state index contributed by atoms with van der Waals surface area (Å²) in [6.45, 7) is 4.68. The zero-order chi connectivity index (χ0) is 15.2. The normalized spacial score (nSPS) is 13.7. The number of benzene rings is 1. The van der Waals surface area contributed by atoms with Crippen molar-refractivity contribution < 1.29 is 19.3 Å². The number of aliphatic hydroxyl groups excluding tert-OH is 1. The van der Waals surface area contributed by atoms with Gasteiger partial charge in [0, 0.05) is 23.7 Å². The molecule has 0 amide bonds. The Morgan fingerprint density at radius 1 is 1.05 bits per heavy atom. The molecule has 2 N–H and O–H groups in total. The van der Waals surface area contributed by atoms with Gasteiger partial charge in [-0.1, -0.05) is 6.92 Å². The summed E-state index contributed by atoms with van der Waals surface area (Å²) >= 11 is 0. The summed E-state index contributed by atoms with van der Waals surface area (Å²) in [5.74, 6) is 2.02. The first-order valence-corrected chi connectivity index (χ1v) is 6.68. The maximum atomic E-state index is 9.43. The standard InChI is InChI=1S/C15H25NO4/c1-6-15(2,10-17)16-9-11-7-13(19-4)14(20-5)8-12(11)18-3/h7-8,16-17H,6,9-10H2,1-5H3. The lowest BCUT2D eigenvalue weighted by Gasteiger charge is -2.28. The van der Waals surface area contributed by atoms with Crippen LogP contribution in [0.15, 0.2) is 12.1 Å². The predicted molar refractivity (Wildman–Crippen MR) is 78.7 cm³/mol. The number of aliphatic hydroxyl groups is 1. The van der Waals surface area contributed by atoms with Gasteiger partial charge in [-0.3, -0.25) is 0 Å². The Hall–Kier alpha value is -1.46. The molecule has 0 bridgehead atoms. The topological polar surface area (TPSA) is 60.0 Å². The Morgan fingerprint density at radius 3 is 2.05 bits per heavy atom. The summed E-state index contributed by atoms with van der Waals surface area (Å²) in [5.41, 5.74) is 0.649. The minimum Gasteiger partial charge on any atom is -0.496 e. The van der Waals surface area contributed by atoms with E-state index in [1.165, 1.54) is 0 Å². The zero-order valence-corrected chi connectivity index (χ0v) is 12.9. The molecule has 5 heteroatoms. The second-order valence-corrected chi connectivity index (χ2v) is 4.94. The quantitative estimate of drug-likeness (QED) is 0.764. The van der Waals surface area contributed by atoms with Gasteiger partial charge >= 0.3 is 0 Å². The minimum atomic E-state index is -0.307. The lowest BCUT2D eigenvalue weighted by molar-refractivity contribution is 0.168. The van der Waals surface area contributed by atoms with Gasteiger partial charge in [-0.2, -0.15) is 0 Å². The van der Waals surface area contributed by atoms with Crippen LogP contribution in [0.25, 0.3) is 0 Å². The third-order valence-corrected chi connectivity index (χ3v) is 3.62. The van der Waals surface area contributed by atoms with Crippen LogP contribution in [0.5, 0.6) is 17.2 Å². The molecule has 1 unspecified atom stereocenters. The molecule has 1 rings (SSSR count). The van der Waals surface area contributed by atoms with Crippen LogP contribution in [0.2, 0.25) is 0 Å². The van der Waals surface area contributed by atoms with Gasteiger partial charge < -0.3 is 24.6 Å². The van der Waals surface area contributed by atoms with Crippen molar-refractivity contribution in [1.82, 2.24) is 5.32 Å². The molecule has 1 atom stereocenters. The summed E-state index contributed by atoms with van der Waals surface area (Å²) in [6.07, 6.45) is 0.832. The van der Waals surface area contributed by atoms with E-state index >= 15 is 0 Å². The fourth-order valence-electron chi connectivity index (χ4n) is 1.83. The maximum absolute atomic E-state index is 9.43. The van der Waals surface area contributed by atoms with E-state index in [-0.39, 0.29) is 12.1 Å². The molecule has 0 spiro atoms. The van der Waals surface area contributed by atoms with E-state index in [0.717, 1.165) is 17.7 Å². The van der Waals surface area contributed by atoms with Gasteiger partial charge in [-0.15, -0.1) is 0 Å². The molecule has 5 nitrogen and oxygen atoms in total. The summed E-state index contributed by atoms with van der Waals surface area (Å²) < 4.78 is 15.9. The van der Waals surface area contributed by atoms with Gasteiger partial charge in [0.05, 0.1) is 27.9 Å². The Bertz CT molecular complexity index is 430. The van der Waals surface area contributed by atoms with Crippen molar-refractivity contribution in [2.24, 2.45) is 0 Å². The molecule has 0 aliphatic heterocycles. The molecule has 114 valence electrons. The van der Waals surface area contributed by atoms with Crippen molar-refractivity contribution in [3.05, 3.63) is 17.7 Å². The van der Waals surface area contributed by atoms with E-state index in [2.05, 4.69) is 5.32 Å². The van der Waals surface area contributed by atoms with Gasteiger partial charge in [-0.25, -0.2) is 0 Å². The highest BCUT2D eigenvalue weighted by molar-refractivity contribution is 5.50. The van der Waals surface area contributed by atoms with Gasteiger partial charge in [-0.05, 0) is 19.4 Å². The van der Waals surface area contributed by atoms with Crippen molar-refractivity contribution in [2.45, 2.75) is 32.4 Å².